The first-order valence-electron chi connectivity index (χ1n) is 17.8. The quantitative estimate of drug-likeness (QED) is 0.153. The molecule has 0 saturated carbocycles. The van der Waals surface area contributed by atoms with Gasteiger partial charge in [0.2, 0.25) is 0 Å². The van der Waals surface area contributed by atoms with E-state index in [9.17, 15) is 10.2 Å². The van der Waals surface area contributed by atoms with Gasteiger partial charge in [-0.25, -0.2) is 0 Å². The minimum absolute atomic E-state index is 0.184. The second-order valence-corrected chi connectivity index (χ2v) is 16.7. The molecule has 6 heteroatoms. The number of rotatable bonds is 11. The number of hydrogen-bond acceptors (Lipinski definition) is 6. The lowest BCUT2D eigenvalue weighted by atomic mass is 9.73. The lowest BCUT2D eigenvalue weighted by Gasteiger charge is -2.38. The SMILES string of the molecule is COc1ccccc1CCC(N=Cc1cc(C)cc(C(C)(C)C)c1O)C(O)(c1cc(C(C)(C)C)ccc1OC)c1cc(C(C)(C)C)ccc1OC. The molecule has 1 atom stereocenters. The zero-order valence-corrected chi connectivity index (χ0v) is 33.1. The Morgan fingerprint density at radius 1 is 0.647 bits per heavy atom. The van der Waals surface area contributed by atoms with Gasteiger partial charge in [0, 0.05) is 28.5 Å². The van der Waals surface area contributed by atoms with Crippen molar-refractivity contribution in [1.82, 2.24) is 0 Å². The van der Waals surface area contributed by atoms with Crippen molar-refractivity contribution < 1.29 is 24.4 Å². The molecule has 0 spiro atoms. The number of nitrogens with zero attached hydrogens (tertiary/aromatic N) is 1. The number of hydrogen-bond donors (Lipinski definition) is 2. The number of phenols is 1. The van der Waals surface area contributed by atoms with Gasteiger partial charge in [-0.3, -0.25) is 4.99 Å². The smallest absolute Gasteiger partial charge is 0.144 e. The molecule has 0 aliphatic heterocycles. The van der Waals surface area contributed by atoms with Gasteiger partial charge in [-0.15, -0.1) is 0 Å². The van der Waals surface area contributed by atoms with Gasteiger partial charge in [0.1, 0.15) is 28.6 Å². The number of benzene rings is 4. The fourth-order valence-corrected chi connectivity index (χ4v) is 6.69. The monoisotopic (exact) mass is 693 g/mol. The number of methoxy groups -OCH3 is 3. The molecule has 0 bridgehead atoms. The lowest BCUT2D eigenvalue weighted by Crippen LogP contribution is -2.41. The predicted molar refractivity (Wildman–Crippen MR) is 211 cm³/mol. The summed E-state index contributed by atoms with van der Waals surface area (Å²) in [7, 11) is 4.93. The van der Waals surface area contributed by atoms with Crippen LogP contribution in [0, 0.1) is 6.92 Å². The van der Waals surface area contributed by atoms with Crippen LogP contribution < -0.4 is 14.2 Å². The van der Waals surface area contributed by atoms with Crippen LogP contribution in [0.5, 0.6) is 23.0 Å². The van der Waals surface area contributed by atoms with Gasteiger partial charge in [0.25, 0.3) is 0 Å². The highest BCUT2D eigenvalue weighted by atomic mass is 16.5. The van der Waals surface area contributed by atoms with Crippen LogP contribution >= 0.6 is 0 Å². The van der Waals surface area contributed by atoms with Crippen LogP contribution in [0.15, 0.2) is 77.8 Å². The average molecular weight is 694 g/mol. The first-order valence-corrected chi connectivity index (χ1v) is 17.8. The summed E-state index contributed by atoms with van der Waals surface area (Å²) in [5.74, 6) is 2.04. The van der Waals surface area contributed by atoms with Gasteiger partial charge in [0.15, 0.2) is 0 Å². The van der Waals surface area contributed by atoms with Gasteiger partial charge in [-0.05, 0) is 94.7 Å². The van der Waals surface area contributed by atoms with Crippen molar-refractivity contribution in [3.8, 4) is 23.0 Å². The molecule has 0 aliphatic carbocycles. The number of aliphatic imine (C=N–C) groups is 1. The molecule has 4 rings (SSSR count). The van der Waals surface area contributed by atoms with Gasteiger partial charge < -0.3 is 24.4 Å². The molecule has 0 amide bonds. The Morgan fingerprint density at radius 2 is 1.16 bits per heavy atom. The van der Waals surface area contributed by atoms with Gasteiger partial charge in [0.05, 0.1) is 27.4 Å². The standard InChI is InChI=1S/C45H59NO5/c1-29-24-31(41(47)36(25-29)44(8,9)10)28-46-40(23-18-30-16-14-15-17-37(30)49-11)45(48,34-26-32(42(2,3)4)19-21-38(34)50-12)35-27-33(43(5,6)7)20-22-39(35)51-13/h14-17,19-22,24-28,40,47-48H,18,23H2,1-13H3. The van der Waals surface area contributed by atoms with E-state index in [1.54, 1.807) is 27.5 Å². The number of ether oxygens (including phenoxy) is 3. The van der Waals surface area contributed by atoms with Crippen LogP contribution in [0.4, 0.5) is 0 Å². The molecule has 6 nitrogen and oxygen atoms in total. The van der Waals surface area contributed by atoms with Crippen LogP contribution in [-0.2, 0) is 28.3 Å². The van der Waals surface area contributed by atoms with E-state index in [-0.39, 0.29) is 22.0 Å². The van der Waals surface area contributed by atoms with E-state index >= 15 is 0 Å². The maximum atomic E-state index is 13.8. The molecule has 0 fully saturated rings. The molecule has 51 heavy (non-hydrogen) atoms. The van der Waals surface area contributed by atoms with Crippen LogP contribution in [0.25, 0.3) is 0 Å². The zero-order chi connectivity index (χ0) is 37.9. The van der Waals surface area contributed by atoms with E-state index < -0.39 is 11.6 Å². The Bertz CT molecular complexity index is 1790. The summed E-state index contributed by atoms with van der Waals surface area (Å²) in [4.78, 5) is 5.26. The summed E-state index contributed by atoms with van der Waals surface area (Å²) in [5, 5.41) is 25.4. The third-order valence-corrected chi connectivity index (χ3v) is 9.80. The largest absolute Gasteiger partial charge is 0.507 e. The third kappa shape index (κ3) is 8.61. The summed E-state index contributed by atoms with van der Waals surface area (Å²) >= 11 is 0. The highest BCUT2D eigenvalue weighted by molar-refractivity contribution is 5.85. The Labute approximate surface area is 306 Å². The number of phenolic OH excluding ortho intramolecular Hbond substituents is 1. The molecule has 0 radical (unpaired) electrons. The van der Waals surface area contributed by atoms with Crippen molar-refractivity contribution >= 4 is 6.21 Å². The van der Waals surface area contributed by atoms with E-state index in [1.165, 1.54) is 0 Å². The average Bonchev–Trinajstić information content (AvgIpc) is 3.07. The first kappa shape index (κ1) is 39.5. The molecule has 274 valence electrons. The Hall–Kier alpha value is -4.29. The highest BCUT2D eigenvalue weighted by Crippen LogP contribution is 2.47. The molecule has 1 unspecified atom stereocenters. The second kappa shape index (κ2) is 15.1. The molecule has 0 aromatic heterocycles. The van der Waals surface area contributed by atoms with E-state index in [2.05, 4.69) is 86.6 Å². The number of aryl methyl sites for hydroxylation is 2. The lowest BCUT2D eigenvalue weighted by molar-refractivity contribution is 0.0446. The van der Waals surface area contributed by atoms with Crippen molar-refractivity contribution in [2.75, 3.05) is 21.3 Å². The molecular weight excluding hydrogens is 634 g/mol. The van der Waals surface area contributed by atoms with Crippen LogP contribution in [-0.4, -0.2) is 43.8 Å². The minimum Gasteiger partial charge on any atom is -0.507 e. The molecular formula is C45H59NO5. The summed E-state index contributed by atoms with van der Waals surface area (Å²) in [6.07, 6.45) is 2.71. The summed E-state index contributed by atoms with van der Waals surface area (Å²) in [6.45, 7) is 21.2. The zero-order valence-electron chi connectivity index (χ0n) is 33.1. The summed E-state index contributed by atoms with van der Waals surface area (Å²) in [5.41, 5.74) is 4.25. The van der Waals surface area contributed by atoms with Crippen molar-refractivity contribution in [1.29, 1.82) is 0 Å². The molecule has 0 saturated heterocycles. The fraction of sp³-hybridized carbons (Fsp3) is 0.444. The second-order valence-electron chi connectivity index (χ2n) is 16.7. The van der Waals surface area contributed by atoms with Gasteiger partial charge in [-0.2, -0.15) is 0 Å². The third-order valence-electron chi connectivity index (χ3n) is 9.80. The fourth-order valence-electron chi connectivity index (χ4n) is 6.69. The van der Waals surface area contributed by atoms with Crippen LogP contribution in [0.1, 0.15) is 113 Å². The normalized spacial score (nSPS) is 13.4. The van der Waals surface area contributed by atoms with E-state index in [4.69, 9.17) is 19.2 Å². The summed E-state index contributed by atoms with van der Waals surface area (Å²) in [6, 6.07) is 23.2. The minimum atomic E-state index is -1.75. The van der Waals surface area contributed by atoms with E-state index in [0.29, 0.717) is 41.0 Å². The molecule has 0 aliphatic rings. The number of para-hydroxylation sites is 1. The summed E-state index contributed by atoms with van der Waals surface area (Å²) < 4.78 is 17.8. The highest BCUT2D eigenvalue weighted by Gasteiger charge is 2.45. The molecule has 2 N–H and O–H groups in total. The van der Waals surface area contributed by atoms with Crippen molar-refractivity contribution in [2.24, 2.45) is 4.99 Å². The Kier molecular flexibility index (Phi) is 11.7. The number of aromatic hydroxyl groups is 1. The molecule has 4 aromatic rings. The van der Waals surface area contributed by atoms with Gasteiger partial charge in [-0.1, -0.05) is 98.7 Å². The number of aliphatic hydroxyl groups is 1. The topological polar surface area (TPSA) is 80.5 Å². The van der Waals surface area contributed by atoms with Crippen LogP contribution in [0.3, 0.4) is 0 Å². The van der Waals surface area contributed by atoms with Gasteiger partial charge >= 0.3 is 0 Å². The van der Waals surface area contributed by atoms with Crippen molar-refractivity contribution in [2.45, 2.75) is 110 Å². The van der Waals surface area contributed by atoms with Crippen LogP contribution in [0.2, 0.25) is 0 Å². The van der Waals surface area contributed by atoms with E-state index in [1.807, 2.05) is 55.5 Å². The van der Waals surface area contributed by atoms with Crippen molar-refractivity contribution in [3.63, 3.8) is 0 Å². The van der Waals surface area contributed by atoms with Crippen molar-refractivity contribution in [3.05, 3.63) is 117 Å². The molecule has 4 aromatic carbocycles. The Balaban J connectivity index is 2.12. The maximum absolute atomic E-state index is 13.8. The Morgan fingerprint density at radius 3 is 1.63 bits per heavy atom. The maximum Gasteiger partial charge on any atom is 0.144 e. The first-order chi connectivity index (χ1) is 23.7. The van der Waals surface area contributed by atoms with E-state index in [0.717, 1.165) is 33.6 Å². The predicted octanol–water partition coefficient (Wildman–Crippen LogP) is 9.98. The molecule has 0 heterocycles.